The maximum absolute atomic E-state index is 12.3. The van der Waals surface area contributed by atoms with E-state index in [1.807, 2.05) is 6.07 Å². The quantitative estimate of drug-likeness (QED) is 0.0793. The van der Waals surface area contributed by atoms with E-state index in [1.165, 1.54) is 57.8 Å². The van der Waals surface area contributed by atoms with Gasteiger partial charge in [-0.25, -0.2) is 10.2 Å². The first-order valence-corrected chi connectivity index (χ1v) is 13.3. The smallest absolute Gasteiger partial charge is 0.344 e. The van der Waals surface area contributed by atoms with Crippen LogP contribution < -0.4 is 10.2 Å². The predicted octanol–water partition coefficient (Wildman–Crippen LogP) is 7.82. The Hall–Kier alpha value is -2.47. The molecule has 0 aliphatic rings. The molecular formula is C28H37BrN2O3. The fourth-order valence-electron chi connectivity index (χ4n) is 3.60. The largest absolute Gasteiger partial charge is 0.423 e. The monoisotopic (exact) mass is 528 g/mol. The topological polar surface area (TPSA) is 67.8 Å². The summed E-state index contributed by atoms with van der Waals surface area (Å²) in [5.41, 5.74) is 3.85. The van der Waals surface area contributed by atoms with Crippen molar-refractivity contribution in [1.82, 2.24) is 5.43 Å². The standard InChI is InChI=1S/C28H37BrN2O3/c1-2-3-4-5-6-7-8-9-10-11-12-17-27(32)31-30-22-23-18-20-24(21-19-23)34-28(33)25-15-13-14-16-26(25)29/h13-16,18-22H,2-12,17H2,1H3,(H,31,32)/b30-22+. The van der Waals surface area contributed by atoms with Crippen molar-refractivity contribution < 1.29 is 14.3 Å². The molecule has 1 N–H and O–H groups in total. The summed E-state index contributed by atoms with van der Waals surface area (Å²) < 4.78 is 6.09. The van der Waals surface area contributed by atoms with Gasteiger partial charge in [-0.15, -0.1) is 0 Å². The van der Waals surface area contributed by atoms with Gasteiger partial charge in [0.1, 0.15) is 5.75 Å². The third kappa shape index (κ3) is 11.6. The zero-order valence-corrected chi connectivity index (χ0v) is 21.8. The van der Waals surface area contributed by atoms with Gasteiger partial charge in [0, 0.05) is 10.9 Å². The molecule has 0 fully saturated rings. The van der Waals surface area contributed by atoms with Gasteiger partial charge in [-0.05, 0) is 64.3 Å². The lowest BCUT2D eigenvalue weighted by atomic mass is 10.1. The molecule has 0 bridgehead atoms. The first-order valence-electron chi connectivity index (χ1n) is 12.5. The molecule has 2 aromatic rings. The minimum atomic E-state index is -0.427. The van der Waals surface area contributed by atoms with Crippen LogP contribution in [-0.4, -0.2) is 18.1 Å². The number of halogens is 1. The minimum Gasteiger partial charge on any atom is -0.423 e. The molecule has 2 rings (SSSR count). The van der Waals surface area contributed by atoms with Gasteiger partial charge in [-0.3, -0.25) is 4.79 Å². The molecule has 5 nitrogen and oxygen atoms in total. The number of amides is 1. The van der Waals surface area contributed by atoms with Crippen molar-refractivity contribution in [1.29, 1.82) is 0 Å². The van der Waals surface area contributed by atoms with Crippen LogP contribution in [0.25, 0.3) is 0 Å². The Morgan fingerprint density at radius 2 is 1.44 bits per heavy atom. The summed E-state index contributed by atoms with van der Waals surface area (Å²) in [4.78, 5) is 24.2. The van der Waals surface area contributed by atoms with Gasteiger partial charge in [0.15, 0.2) is 0 Å². The van der Waals surface area contributed by atoms with E-state index in [2.05, 4.69) is 33.4 Å². The van der Waals surface area contributed by atoms with E-state index >= 15 is 0 Å². The lowest BCUT2D eigenvalue weighted by molar-refractivity contribution is -0.121. The Morgan fingerprint density at radius 3 is 2.06 bits per heavy atom. The lowest BCUT2D eigenvalue weighted by Gasteiger charge is -2.06. The Kier molecular flexibility index (Phi) is 13.9. The molecule has 0 saturated carbocycles. The fraction of sp³-hybridized carbons (Fsp3) is 0.464. The summed E-state index contributed by atoms with van der Waals surface area (Å²) in [5, 5.41) is 4.02. The van der Waals surface area contributed by atoms with Gasteiger partial charge >= 0.3 is 5.97 Å². The number of nitrogens with one attached hydrogen (secondary N) is 1. The predicted molar refractivity (Wildman–Crippen MR) is 142 cm³/mol. The molecule has 6 heteroatoms. The van der Waals surface area contributed by atoms with Crippen LogP contribution in [0, 0.1) is 0 Å². The maximum atomic E-state index is 12.3. The van der Waals surface area contributed by atoms with Crippen LogP contribution >= 0.6 is 15.9 Å². The van der Waals surface area contributed by atoms with Crippen LogP contribution in [0.5, 0.6) is 5.75 Å². The van der Waals surface area contributed by atoms with E-state index in [0.29, 0.717) is 22.2 Å². The van der Waals surface area contributed by atoms with Crippen LogP contribution in [0.3, 0.4) is 0 Å². The van der Waals surface area contributed by atoms with Crippen molar-refractivity contribution in [3.05, 3.63) is 64.1 Å². The van der Waals surface area contributed by atoms with Crippen molar-refractivity contribution in [2.24, 2.45) is 5.10 Å². The molecule has 1 amide bonds. The number of carbonyl (C=O) groups excluding carboxylic acids is 2. The van der Waals surface area contributed by atoms with Crippen LogP contribution in [-0.2, 0) is 4.79 Å². The van der Waals surface area contributed by atoms with E-state index in [0.717, 1.165) is 18.4 Å². The Morgan fingerprint density at radius 1 is 0.853 bits per heavy atom. The summed E-state index contributed by atoms with van der Waals surface area (Å²) in [5.74, 6) is -0.0480. The van der Waals surface area contributed by atoms with Crippen molar-refractivity contribution in [2.45, 2.75) is 84.0 Å². The van der Waals surface area contributed by atoms with Gasteiger partial charge < -0.3 is 4.74 Å². The summed E-state index contributed by atoms with van der Waals surface area (Å²) in [6, 6.07) is 14.1. The highest BCUT2D eigenvalue weighted by Crippen LogP contribution is 2.19. The Balaban J connectivity index is 1.56. The Labute approximate surface area is 212 Å². The first kappa shape index (κ1) is 27.8. The number of hydrogen-bond acceptors (Lipinski definition) is 4. The molecule has 0 aromatic heterocycles. The van der Waals surface area contributed by atoms with Gasteiger partial charge in [0.05, 0.1) is 11.8 Å². The Bertz CT molecular complexity index is 897. The average Bonchev–Trinajstić information content (AvgIpc) is 2.84. The van der Waals surface area contributed by atoms with Crippen molar-refractivity contribution in [3.8, 4) is 5.75 Å². The van der Waals surface area contributed by atoms with Gasteiger partial charge in [-0.2, -0.15) is 5.10 Å². The number of unbranched alkanes of at least 4 members (excludes halogenated alkanes) is 10. The third-order valence-electron chi connectivity index (χ3n) is 5.59. The molecule has 0 saturated heterocycles. The molecule has 0 unspecified atom stereocenters. The summed E-state index contributed by atoms with van der Waals surface area (Å²) in [6.45, 7) is 2.25. The SMILES string of the molecule is CCCCCCCCCCCCCC(=O)N/N=C/c1ccc(OC(=O)c2ccccc2Br)cc1. The van der Waals surface area contributed by atoms with E-state index in [-0.39, 0.29) is 5.91 Å². The van der Waals surface area contributed by atoms with Crippen LogP contribution in [0.2, 0.25) is 0 Å². The second kappa shape index (κ2) is 17.0. The number of rotatable bonds is 16. The molecule has 2 aromatic carbocycles. The zero-order valence-electron chi connectivity index (χ0n) is 20.2. The molecule has 0 spiro atoms. The highest BCUT2D eigenvalue weighted by molar-refractivity contribution is 9.10. The number of nitrogens with zero attached hydrogens (tertiary/aromatic N) is 1. The van der Waals surface area contributed by atoms with Crippen molar-refractivity contribution in [2.75, 3.05) is 0 Å². The number of ether oxygens (including phenoxy) is 1. The third-order valence-corrected chi connectivity index (χ3v) is 6.29. The molecule has 34 heavy (non-hydrogen) atoms. The van der Waals surface area contributed by atoms with E-state index in [9.17, 15) is 9.59 Å². The van der Waals surface area contributed by atoms with Crippen molar-refractivity contribution >= 4 is 34.0 Å². The van der Waals surface area contributed by atoms with Crippen LogP contribution in [0.4, 0.5) is 0 Å². The molecule has 0 radical (unpaired) electrons. The second-order valence-electron chi connectivity index (χ2n) is 8.52. The molecular weight excluding hydrogens is 492 g/mol. The number of hydrazone groups is 1. The number of hydrogen-bond donors (Lipinski definition) is 1. The maximum Gasteiger partial charge on any atom is 0.344 e. The summed E-state index contributed by atoms with van der Waals surface area (Å²) in [6.07, 6.45) is 16.0. The van der Waals surface area contributed by atoms with Gasteiger partial charge in [0.25, 0.3) is 0 Å². The van der Waals surface area contributed by atoms with Gasteiger partial charge in [0.2, 0.25) is 5.91 Å². The number of esters is 1. The van der Waals surface area contributed by atoms with Crippen LogP contribution in [0.1, 0.15) is 99.9 Å². The lowest BCUT2D eigenvalue weighted by Crippen LogP contribution is -2.16. The van der Waals surface area contributed by atoms with Gasteiger partial charge in [-0.1, -0.05) is 83.3 Å². The average molecular weight is 530 g/mol. The normalized spacial score (nSPS) is 11.0. The highest BCUT2D eigenvalue weighted by atomic mass is 79.9. The summed E-state index contributed by atoms with van der Waals surface area (Å²) >= 11 is 3.35. The second-order valence-corrected chi connectivity index (χ2v) is 9.37. The van der Waals surface area contributed by atoms with Crippen LogP contribution in [0.15, 0.2) is 58.1 Å². The van der Waals surface area contributed by atoms with E-state index in [1.54, 1.807) is 48.7 Å². The summed E-state index contributed by atoms with van der Waals surface area (Å²) in [7, 11) is 0. The number of benzene rings is 2. The molecule has 0 aliphatic heterocycles. The number of carbonyl (C=O) groups is 2. The molecule has 0 atom stereocenters. The molecule has 0 heterocycles. The fourth-order valence-corrected chi connectivity index (χ4v) is 4.04. The van der Waals surface area contributed by atoms with Crippen molar-refractivity contribution in [3.63, 3.8) is 0 Å². The highest BCUT2D eigenvalue weighted by Gasteiger charge is 2.11. The minimum absolute atomic E-state index is 0.0637. The molecule has 0 aliphatic carbocycles. The van der Waals surface area contributed by atoms with E-state index in [4.69, 9.17) is 4.74 Å². The molecule has 184 valence electrons. The van der Waals surface area contributed by atoms with E-state index < -0.39 is 5.97 Å². The first-order chi connectivity index (χ1) is 16.6. The zero-order chi connectivity index (χ0) is 24.4.